The predicted octanol–water partition coefficient (Wildman–Crippen LogP) is 8.35. The van der Waals surface area contributed by atoms with Crippen LogP contribution in [0.3, 0.4) is 0 Å². The van der Waals surface area contributed by atoms with Crippen molar-refractivity contribution < 1.29 is 33.4 Å². The second kappa shape index (κ2) is 21.6. The van der Waals surface area contributed by atoms with Gasteiger partial charge in [0.25, 0.3) is 11.8 Å². The summed E-state index contributed by atoms with van der Waals surface area (Å²) in [6, 6.07) is 23.1. The molecule has 0 saturated heterocycles. The molecule has 0 fully saturated rings. The lowest BCUT2D eigenvalue weighted by atomic mass is 9.95. The van der Waals surface area contributed by atoms with Crippen molar-refractivity contribution >= 4 is 51.7 Å². The Morgan fingerprint density at radius 2 is 1.42 bits per heavy atom. The molecule has 1 aliphatic carbocycles. The number of carbonyl (C=O) groups is 5. The van der Waals surface area contributed by atoms with Gasteiger partial charge in [0.1, 0.15) is 5.00 Å². The van der Waals surface area contributed by atoms with E-state index in [2.05, 4.69) is 29.4 Å². The molecule has 12 heteroatoms. The number of benzene rings is 3. The van der Waals surface area contributed by atoms with E-state index >= 15 is 0 Å². The molecule has 0 radical (unpaired) electrons. The Hall–Kier alpha value is -5.33. The molecule has 0 saturated carbocycles. The molecule has 4 aromatic rings. The van der Waals surface area contributed by atoms with Gasteiger partial charge in [0, 0.05) is 54.8 Å². The van der Waals surface area contributed by atoms with Crippen LogP contribution in [0.2, 0.25) is 0 Å². The van der Waals surface area contributed by atoms with E-state index in [9.17, 15) is 24.0 Å². The molecule has 0 bridgehead atoms. The lowest BCUT2D eigenvalue weighted by molar-refractivity contribution is -0.146. The highest BCUT2D eigenvalue weighted by molar-refractivity contribution is 7.17. The van der Waals surface area contributed by atoms with Crippen LogP contribution in [-0.4, -0.2) is 79.9 Å². The standard InChI is InChI=1S/C47H58N4O7S/c1-7-38(8-2)51(27-26-50(4)46(55)31(3)28-41(52)57-5)30-34-12-11-13-36(29-34)43(53)49-45-42(39-14-9-10-15-40(39)59-45)44(54)48-37-24-20-33(21-25-37)17-16-32-18-22-35(23-19-32)47(56)58-6/h11-13,18-25,29,31,38H,7-10,14-17,26-28,30H2,1-6H3,(H,48,54)(H,49,53)/t31-/m1/s1. The average Bonchev–Trinajstić information content (AvgIpc) is 3.62. The molecule has 2 N–H and O–H groups in total. The second-order valence-corrected chi connectivity index (χ2v) is 16.4. The first-order chi connectivity index (χ1) is 28.4. The number of anilines is 2. The quantitative estimate of drug-likeness (QED) is 0.0902. The minimum Gasteiger partial charge on any atom is -0.469 e. The van der Waals surface area contributed by atoms with Crippen molar-refractivity contribution in [2.75, 3.05) is 45.0 Å². The third kappa shape index (κ3) is 12.1. The highest BCUT2D eigenvalue weighted by atomic mass is 32.1. The summed E-state index contributed by atoms with van der Waals surface area (Å²) in [4.78, 5) is 69.6. The largest absolute Gasteiger partial charge is 0.469 e. The minimum absolute atomic E-state index is 0.0411. The molecular formula is C47H58N4O7S. The van der Waals surface area contributed by atoms with Gasteiger partial charge in [-0.2, -0.15) is 0 Å². The fourth-order valence-corrected chi connectivity index (χ4v) is 8.94. The highest BCUT2D eigenvalue weighted by Gasteiger charge is 2.28. The molecule has 1 atom stereocenters. The van der Waals surface area contributed by atoms with Gasteiger partial charge >= 0.3 is 11.9 Å². The van der Waals surface area contributed by atoms with Crippen molar-refractivity contribution in [3.8, 4) is 0 Å². The first-order valence-electron chi connectivity index (χ1n) is 20.6. The summed E-state index contributed by atoms with van der Waals surface area (Å²) in [6.07, 6.45) is 7.21. The second-order valence-electron chi connectivity index (χ2n) is 15.3. The molecule has 3 amide bonds. The number of esters is 2. The molecule has 59 heavy (non-hydrogen) atoms. The Kier molecular flexibility index (Phi) is 16.4. The van der Waals surface area contributed by atoms with Gasteiger partial charge in [-0.05, 0) is 110 Å². The van der Waals surface area contributed by atoms with Crippen molar-refractivity contribution in [2.24, 2.45) is 5.92 Å². The monoisotopic (exact) mass is 822 g/mol. The molecule has 3 aromatic carbocycles. The van der Waals surface area contributed by atoms with Gasteiger partial charge < -0.3 is 25.0 Å². The number of fused-ring (bicyclic) bond motifs is 1. The summed E-state index contributed by atoms with van der Waals surface area (Å²) in [7, 11) is 4.46. The topological polar surface area (TPSA) is 134 Å². The molecule has 0 spiro atoms. The van der Waals surface area contributed by atoms with Gasteiger partial charge in [-0.25, -0.2) is 4.79 Å². The van der Waals surface area contributed by atoms with Crippen molar-refractivity contribution in [1.29, 1.82) is 0 Å². The number of amides is 3. The maximum absolute atomic E-state index is 14.0. The van der Waals surface area contributed by atoms with Crippen LogP contribution in [0.5, 0.6) is 0 Å². The van der Waals surface area contributed by atoms with E-state index in [0.717, 1.165) is 78.5 Å². The van der Waals surface area contributed by atoms with Crippen LogP contribution >= 0.6 is 11.3 Å². The summed E-state index contributed by atoms with van der Waals surface area (Å²) in [5.74, 6) is -1.85. The van der Waals surface area contributed by atoms with Crippen molar-refractivity contribution in [3.05, 3.63) is 117 Å². The maximum atomic E-state index is 14.0. The molecule has 0 unspecified atom stereocenters. The Bertz CT molecular complexity index is 2070. The van der Waals surface area contributed by atoms with Crippen LogP contribution in [-0.2, 0) is 51.3 Å². The van der Waals surface area contributed by atoms with E-state index < -0.39 is 11.9 Å². The van der Waals surface area contributed by atoms with Crippen LogP contribution in [0.4, 0.5) is 10.7 Å². The fourth-order valence-electron chi connectivity index (χ4n) is 7.66. The Labute approximate surface area is 352 Å². The molecule has 11 nitrogen and oxygen atoms in total. The zero-order chi connectivity index (χ0) is 42.5. The SMILES string of the molecule is CCC(CC)N(CCN(C)C(=O)[C@H](C)CC(=O)OC)Cc1cccc(C(=O)Nc2sc3c(c2C(=O)Nc2ccc(CCc4ccc(C(=O)OC)cc4)cc2)CCCC3)c1. The summed E-state index contributed by atoms with van der Waals surface area (Å²) < 4.78 is 9.54. The number of aryl methyl sites for hydroxylation is 3. The van der Waals surface area contributed by atoms with Gasteiger partial charge in [0.15, 0.2) is 0 Å². The van der Waals surface area contributed by atoms with Gasteiger partial charge in [-0.1, -0.05) is 57.2 Å². The van der Waals surface area contributed by atoms with E-state index in [-0.39, 0.29) is 36.2 Å². The first-order valence-corrected chi connectivity index (χ1v) is 21.4. The van der Waals surface area contributed by atoms with E-state index in [1.165, 1.54) is 25.6 Å². The van der Waals surface area contributed by atoms with Crippen LogP contribution < -0.4 is 10.6 Å². The average molecular weight is 823 g/mol. The Morgan fingerprint density at radius 1 is 0.763 bits per heavy atom. The summed E-state index contributed by atoms with van der Waals surface area (Å²) in [5, 5.41) is 6.77. The molecule has 0 aliphatic heterocycles. The van der Waals surface area contributed by atoms with Gasteiger partial charge in [-0.3, -0.25) is 24.1 Å². The van der Waals surface area contributed by atoms with Crippen molar-refractivity contribution in [2.45, 2.75) is 91.1 Å². The van der Waals surface area contributed by atoms with Crippen LogP contribution in [0, 0.1) is 5.92 Å². The van der Waals surface area contributed by atoms with E-state index in [1.54, 1.807) is 37.1 Å². The zero-order valence-corrected chi connectivity index (χ0v) is 36.0. The molecular weight excluding hydrogens is 765 g/mol. The maximum Gasteiger partial charge on any atom is 0.337 e. The van der Waals surface area contributed by atoms with E-state index in [0.29, 0.717) is 47.0 Å². The molecule has 5 rings (SSSR count). The summed E-state index contributed by atoms with van der Waals surface area (Å²) in [6.45, 7) is 7.77. The lowest BCUT2D eigenvalue weighted by Crippen LogP contribution is -2.42. The van der Waals surface area contributed by atoms with Crippen molar-refractivity contribution in [3.63, 3.8) is 0 Å². The summed E-state index contributed by atoms with van der Waals surface area (Å²) >= 11 is 1.49. The molecule has 314 valence electrons. The number of likely N-dealkylation sites (N-methyl/N-ethyl adjacent to an activating group) is 1. The predicted molar refractivity (Wildman–Crippen MR) is 233 cm³/mol. The molecule has 1 aliphatic rings. The first kappa shape index (κ1) is 44.8. The van der Waals surface area contributed by atoms with E-state index in [4.69, 9.17) is 9.47 Å². The smallest absolute Gasteiger partial charge is 0.337 e. The number of ether oxygens (including phenoxy) is 2. The number of thiophene rings is 1. The zero-order valence-electron chi connectivity index (χ0n) is 35.2. The third-order valence-electron chi connectivity index (χ3n) is 11.2. The fraction of sp³-hybridized carbons (Fsp3) is 0.426. The Morgan fingerprint density at radius 3 is 2.07 bits per heavy atom. The number of hydrogen-bond donors (Lipinski definition) is 2. The summed E-state index contributed by atoms with van der Waals surface area (Å²) in [5.41, 5.74) is 6.46. The van der Waals surface area contributed by atoms with Gasteiger partial charge in [0.05, 0.1) is 31.8 Å². The number of methoxy groups -OCH3 is 2. The molecule has 1 aromatic heterocycles. The number of hydrogen-bond acceptors (Lipinski definition) is 9. The van der Waals surface area contributed by atoms with Gasteiger partial charge in [0.2, 0.25) is 5.91 Å². The minimum atomic E-state index is -0.472. The van der Waals surface area contributed by atoms with Crippen LogP contribution in [0.15, 0.2) is 72.8 Å². The molecule has 1 heterocycles. The number of rotatable bonds is 19. The number of nitrogens with one attached hydrogen (secondary N) is 2. The normalized spacial score (nSPS) is 12.7. The van der Waals surface area contributed by atoms with Gasteiger partial charge in [-0.15, -0.1) is 11.3 Å². The number of nitrogens with zero attached hydrogens (tertiary/aromatic N) is 2. The van der Waals surface area contributed by atoms with Crippen molar-refractivity contribution in [1.82, 2.24) is 9.80 Å². The number of carbonyl (C=O) groups excluding carboxylic acids is 5. The van der Waals surface area contributed by atoms with Crippen LogP contribution in [0.1, 0.15) is 111 Å². The lowest BCUT2D eigenvalue weighted by Gasteiger charge is -2.32. The Balaban J connectivity index is 1.24. The highest BCUT2D eigenvalue weighted by Crippen LogP contribution is 2.39. The third-order valence-corrected chi connectivity index (χ3v) is 12.4. The van der Waals surface area contributed by atoms with E-state index in [1.807, 2.05) is 54.6 Å². The van der Waals surface area contributed by atoms with Crippen LogP contribution in [0.25, 0.3) is 0 Å².